The van der Waals surface area contributed by atoms with Crippen LogP contribution < -0.4 is 5.32 Å². The number of anilines is 1. The number of nitrogens with zero attached hydrogens (tertiary/aromatic N) is 3. The molecule has 2 aromatic heterocycles. The highest BCUT2D eigenvalue weighted by molar-refractivity contribution is 7.91. The molecule has 8 nitrogen and oxygen atoms in total. The zero-order chi connectivity index (χ0) is 22.2. The maximum absolute atomic E-state index is 13.2. The second-order valence-electron chi connectivity index (χ2n) is 7.45. The molecule has 164 valence electrons. The van der Waals surface area contributed by atoms with E-state index < -0.39 is 15.9 Å². The number of aryl methyl sites for hydroxylation is 2. The number of amides is 1. The zero-order valence-corrected chi connectivity index (χ0v) is 19.4. The molecule has 1 aliphatic rings. The molecule has 3 heterocycles. The molecule has 1 saturated heterocycles. The molecular weight excluding hydrogens is 460 g/mol. The lowest BCUT2D eigenvalue weighted by atomic mass is 9.98. The second kappa shape index (κ2) is 8.70. The Bertz CT molecular complexity index is 1220. The standard InChI is InChI=1S/C20H21ClN4O4S2/c1-12-5-6-16(9-17(12)21)23-20(26)14-4-3-7-25(10-14)31(27,28)18-8-15(11-30-18)19-22-13(2)29-24-19/h5-6,8-9,11,14H,3-4,7,10H2,1-2H3,(H,23,26)/t14-/m0/s1. The molecule has 31 heavy (non-hydrogen) atoms. The van der Waals surface area contributed by atoms with Crippen LogP contribution in [-0.4, -0.2) is 41.9 Å². The predicted octanol–water partition coefficient (Wildman–Crippen LogP) is 4.11. The third-order valence-corrected chi connectivity index (χ3v) is 8.84. The number of piperidine rings is 1. The van der Waals surface area contributed by atoms with Crippen LogP contribution >= 0.6 is 22.9 Å². The van der Waals surface area contributed by atoms with Crippen molar-refractivity contribution in [3.63, 3.8) is 0 Å². The Morgan fingerprint density at radius 2 is 2.13 bits per heavy atom. The van der Waals surface area contributed by atoms with Gasteiger partial charge in [0.05, 0.1) is 5.92 Å². The van der Waals surface area contributed by atoms with E-state index in [4.69, 9.17) is 16.1 Å². The van der Waals surface area contributed by atoms with Crippen molar-refractivity contribution in [2.24, 2.45) is 5.92 Å². The molecule has 1 atom stereocenters. The van der Waals surface area contributed by atoms with Gasteiger partial charge in [-0.05, 0) is 43.5 Å². The first-order chi connectivity index (χ1) is 14.7. The van der Waals surface area contributed by atoms with Gasteiger partial charge >= 0.3 is 0 Å². The minimum Gasteiger partial charge on any atom is -0.339 e. The Balaban J connectivity index is 1.47. The zero-order valence-electron chi connectivity index (χ0n) is 17.0. The molecule has 0 bridgehead atoms. The van der Waals surface area contributed by atoms with Gasteiger partial charge < -0.3 is 9.84 Å². The van der Waals surface area contributed by atoms with Crippen molar-refractivity contribution in [2.75, 3.05) is 18.4 Å². The lowest BCUT2D eigenvalue weighted by Gasteiger charge is -2.30. The van der Waals surface area contributed by atoms with Crippen LogP contribution in [0.3, 0.4) is 0 Å². The summed E-state index contributed by atoms with van der Waals surface area (Å²) in [5.41, 5.74) is 2.10. The summed E-state index contributed by atoms with van der Waals surface area (Å²) in [7, 11) is -3.73. The number of benzene rings is 1. The van der Waals surface area contributed by atoms with E-state index in [-0.39, 0.29) is 16.7 Å². The molecule has 1 fully saturated rings. The molecule has 1 aliphatic heterocycles. The van der Waals surface area contributed by atoms with E-state index in [2.05, 4.69) is 15.5 Å². The predicted molar refractivity (Wildman–Crippen MR) is 119 cm³/mol. The third-order valence-electron chi connectivity index (χ3n) is 5.15. The van der Waals surface area contributed by atoms with Gasteiger partial charge in [-0.25, -0.2) is 8.42 Å². The minimum absolute atomic E-state index is 0.127. The largest absolute Gasteiger partial charge is 0.339 e. The Kier molecular flexibility index (Phi) is 6.16. The molecular formula is C20H21ClN4O4S2. The van der Waals surface area contributed by atoms with Crippen LogP contribution in [0.25, 0.3) is 11.4 Å². The summed E-state index contributed by atoms with van der Waals surface area (Å²) in [6, 6.07) is 6.85. The number of halogens is 1. The van der Waals surface area contributed by atoms with Gasteiger partial charge in [-0.15, -0.1) is 11.3 Å². The Morgan fingerprint density at radius 1 is 1.32 bits per heavy atom. The Hall–Kier alpha value is -2.27. The molecule has 0 unspecified atom stereocenters. The van der Waals surface area contributed by atoms with Crippen molar-refractivity contribution >= 4 is 44.6 Å². The van der Waals surface area contributed by atoms with E-state index in [0.29, 0.717) is 47.4 Å². The monoisotopic (exact) mass is 480 g/mol. The molecule has 0 aliphatic carbocycles. The first-order valence-corrected chi connectivity index (χ1v) is 12.4. The second-order valence-corrected chi connectivity index (χ2v) is 10.9. The number of carbonyl (C=O) groups is 1. The van der Waals surface area contributed by atoms with E-state index in [9.17, 15) is 13.2 Å². The summed E-state index contributed by atoms with van der Waals surface area (Å²) in [6.07, 6.45) is 1.23. The first-order valence-electron chi connectivity index (χ1n) is 9.70. The highest BCUT2D eigenvalue weighted by Gasteiger charge is 2.34. The third kappa shape index (κ3) is 4.67. The summed E-state index contributed by atoms with van der Waals surface area (Å²) in [6.45, 7) is 4.05. The summed E-state index contributed by atoms with van der Waals surface area (Å²) in [4.78, 5) is 16.9. The summed E-state index contributed by atoms with van der Waals surface area (Å²) in [5.74, 6) is 0.102. The van der Waals surface area contributed by atoms with Crippen molar-refractivity contribution in [1.29, 1.82) is 0 Å². The van der Waals surface area contributed by atoms with Crippen LogP contribution in [-0.2, 0) is 14.8 Å². The van der Waals surface area contributed by atoms with Gasteiger partial charge in [0.25, 0.3) is 10.0 Å². The number of aromatic nitrogens is 2. The lowest BCUT2D eigenvalue weighted by Crippen LogP contribution is -2.43. The van der Waals surface area contributed by atoms with Crippen LogP contribution in [0.4, 0.5) is 5.69 Å². The average Bonchev–Trinajstić information content (AvgIpc) is 3.40. The van der Waals surface area contributed by atoms with Crippen LogP contribution in [0.1, 0.15) is 24.3 Å². The molecule has 4 rings (SSSR count). The van der Waals surface area contributed by atoms with Gasteiger partial charge in [-0.3, -0.25) is 4.79 Å². The van der Waals surface area contributed by atoms with E-state index in [1.54, 1.807) is 30.5 Å². The number of rotatable bonds is 5. The smallest absolute Gasteiger partial charge is 0.252 e. The van der Waals surface area contributed by atoms with Crippen LogP contribution in [0.5, 0.6) is 0 Å². The molecule has 1 aromatic carbocycles. The fourth-order valence-electron chi connectivity index (χ4n) is 3.40. The Labute approximate surface area is 189 Å². The molecule has 1 amide bonds. The van der Waals surface area contributed by atoms with Gasteiger partial charge in [0.2, 0.25) is 17.6 Å². The van der Waals surface area contributed by atoms with Crippen LogP contribution in [0, 0.1) is 19.8 Å². The maximum atomic E-state index is 13.2. The van der Waals surface area contributed by atoms with Crippen molar-refractivity contribution in [1.82, 2.24) is 14.4 Å². The van der Waals surface area contributed by atoms with E-state index in [0.717, 1.165) is 16.9 Å². The van der Waals surface area contributed by atoms with Gasteiger partial charge in [0, 0.05) is 41.7 Å². The molecule has 0 radical (unpaired) electrons. The molecule has 0 spiro atoms. The number of hydrogen-bond acceptors (Lipinski definition) is 7. The molecule has 0 saturated carbocycles. The van der Waals surface area contributed by atoms with Gasteiger partial charge in [0.1, 0.15) is 4.21 Å². The van der Waals surface area contributed by atoms with E-state index in [1.165, 1.54) is 4.31 Å². The van der Waals surface area contributed by atoms with Gasteiger partial charge in [-0.2, -0.15) is 9.29 Å². The highest BCUT2D eigenvalue weighted by Crippen LogP contribution is 2.31. The fourth-order valence-corrected chi connectivity index (χ4v) is 6.42. The normalized spacial score (nSPS) is 17.6. The molecule has 1 N–H and O–H groups in total. The Morgan fingerprint density at radius 3 is 2.84 bits per heavy atom. The van der Waals surface area contributed by atoms with Crippen LogP contribution in [0.15, 0.2) is 38.4 Å². The number of thiophene rings is 1. The number of nitrogens with one attached hydrogen (secondary N) is 1. The number of carbonyl (C=O) groups excluding carboxylic acids is 1. The number of sulfonamides is 1. The van der Waals surface area contributed by atoms with E-state index in [1.807, 2.05) is 13.0 Å². The molecule has 3 aromatic rings. The highest BCUT2D eigenvalue weighted by atomic mass is 35.5. The summed E-state index contributed by atoms with van der Waals surface area (Å²) >= 11 is 7.23. The van der Waals surface area contributed by atoms with Gasteiger partial charge in [-0.1, -0.05) is 22.8 Å². The maximum Gasteiger partial charge on any atom is 0.252 e. The first kappa shape index (κ1) is 21.9. The quantitative estimate of drug-likeness (QED) is 0.589. The molecule has 11 heteroatoms. The van der Waals surface area contributed by atoms with Crippen LogP contribution in [0.2, 0.25) is 5.02 Å². The van der Waals surface area contributed by atoms with Crippen molar-refractivity contribution in [2.45, 2.75) is 30.9 Å². The SMILES string of the molecule is Cc1nc(-c2csc(S(=O)(=O)N3CCC[C@H](C(=O)Nc4ccc(C)c(Cl)c4)C3)c2)no1. The average molecular weight is 481 g/mol. The summed E-state index contributed by atoms with van der Waals surface area (Å²) < 4.78 is 32.9. The van der Waals surface area contributed by atoms with Crippen molar-refractivity contribution < 1.29 is 17.7 Å². The van der Waals surface area contributed by atoms with Gasteiger partial charge in [0.15, 0.2) is 0 Å². The fraction of sp³-hybridized carbons (Fsp3) is 0.350. The summed E-state index contributed by atoms with van der Waals surface area (Å²) in [5, 5.41) is 8.93. The van der Waals surface area contributed by atoms with Crippen molar-refractivity contribution in [3.8, 4) is 11.4 Å². The number of hydrogen-bond donors (Lipinski definition) is 1. The topological polar surface area (TPSA) is 105 Å². The van der Waals surface area contributed by atoms with Crippen molar-refractivity contribution in [3.05, 3.63) is 46.1 Å². The minimum atomic E-state index is -3.73. The lowest BCUT2D eigenvalue weighted by molar-refractivity contribution is -0.120. The van der Waals surface area contributed by atoms with E-state index >= 15 is 0 Å².